The maximum atomic E-state index is 4.91. The smallest absolute Gasteiger partial charge is 0.226 e. The van der Waals surface area contributed by atoms with E-state index >= 15 is 0 Å². The summed E-state index contributed by atoms with van der Waals surface area (Å²) < 4.78 is 4.91. The monoisotopic (exact) mass is 188 g/mol. The molecule has 0 unspecified atom stereocenters. The highest BCUT2D eigenvalue weighted by atomic mass is 16.5. The minimum Gasteiger partial charge on any atom is -0.340 e. The van der Waals surface area contributed by atoms with Gasteiger partial charge in [0.2, 0.25) is 5.89 Å². The van der Waals surface area contributed by atoms with Gasteiger partial charge >= 0.3 is 0 Å². The first kappa shape index (κ1) is 8.94. The van der Waals surface area contributed by atoms with Crippen molar-refractivity contribution in [2.45, 2.75) is 19.3 Å². The van der Waals surface area contributed by atoms with Crippen molar-refractivity contribution in [3.63, 3.8) is 0 Å². The lowest BCUT2D eigenvalue weighted by Crippen LogP contribution is -1.89. The molecular formula is C11H12N2O. The lowest BCUT2D eigenvalue weighted by Gasteiger charge is -1.97. The number of aryl methyl sites for hydroxylation is 2. The molecule has 0 N–H and O–H groups in total. The standard InChI is InChI=1S/C11H12N2O/c1-2-5-10(6-3-1)7-4-8-11-12-9-13-14-11/h1-3,5-6,9H,4,7-8H2. The third kappa shape index (κ3) is 2.42. The highest BCUT2D eigenvalue weighted by Gasteiger charge is 1.98. The van der Waals surface area contributed by atoms with Crippen molar-refractivity contribution in [1.82, 2.24) is 10.1 Å². The molecule has 0 atom stereocenters. The molecule has 0 aliphatic heterocycles. The van der Waals surface area contributed by atoms with Crippen LogP contribution in [0.3, 0.4) is 0 Å². The van der Waals surface area contributed by atoms with Gasteiger partial charge in [-0.15, -0.1) is 0 Å². The van der Waals surface area contributed by atoms with E-state index in [2.05, 4.69) is 34.4 Å². The van der Waals surface area contributed by atoms with Gasteiger partial charge in [0.15, 0.2) is 6.33 Å². The molecule has 0 bridgehead atoms. The zero-order valence-corrected chi connectivity index (χ0v) is 7.89. The summed E-state index contributed by atoms with van der Waals surface area (Å²) >= 11 is 0. The quantitative estimate of drug-likeness (QED) is 0.738. The van der Waals surface area contributed by atoms with Gasteiger partial charge in [-0.05, 0) is 18.4 Å². The van der Waals surface area contributed by atoms with Crippen molar-refractivity contribution in [2.24, 2.45) is 0 Å². The zero-order valence-electron chi connectivity index (χ0n) is 7.89. The van der Waals surface area contributed by atoms with Crippen LogP contribution in [-0.4, -0.2) is 10.1 Å². The Balaban J connectivity index is 1.79. The van der Waals surface area contributed by atoms with Crippen LogP contribution in [0, 0.1) is 0 Å². The third-order valence-electron chi connectivity index (χ3n) is 2.11. The van der Waals surface area contributed by atoms with Crippen LogP contribution in [0.25, 0.3) is 0 Å². The van der Waals surface area contributed by atoms with E-state index in [4.69, 9.17) is 4.52 Å². The second-order valence-corrected chi connectivity index (χ2v) is 3.17. The highest BCUT2D eigenvalue weighted by Crippen LogP contribution is 2.05. The molecule has 0 radical (unpaired) electrons. The molecule has 0 amide bonds. The Morgan fingerprint density at radius 1 is 1.07 bits per heavy atom. The summed E-state index contributed by atoms with van der Waals surface area (Å²) in [5.41, 5.74) is 1.35. The van der Waals surface area contributed by atoms with Gasteiger partial charge < -0.3 is 4.52 Å². The van der Waals surface area contributed by atoms with Crippen molar-refractivity contribution >= 4 is 0 Å². The molecule has 14 heavy (non-hydrogen) atoms. The molecule has 1 aromatic heterocycles. The molecule has 0 saturated carbocycles. The van der Waals surface area contributed by atoms with E-state index in [0.29, 0.717) is 0 Å². The number of aromatic nitrogens is 2. The first-order valence-electron chi connectivity index (χ1n) is 4.74. The van der Waals surface area contributed by atoms with E-state index in [0.717, 1.165) is 25.2 Å². The summed E-state index contributed by atoms with van der Waals surface area (Å²) in [5.74, 6) is 0.723. The second kappa shape index (κ2) is 4.56. The molecule has 1 heterocycles. The Morgan fingerprint density at radius 2 is 1.93 bits per heavy atom. The average molecular weight is 188 g/mol. The minimum absolute atomic E-state index is 0.723. The molecule has 0 saturated heterocycles. The van der Waals surface area contributed by atoms with Gasteiger partial charge in [-0.2, -0.15) is 4.98 Å². The SMILES string of the molecule is c1ccc(CCCc2ncno2)cc1. The second-order valence-electron chi connectivity index (χ2n) is 3.17. The fraction of sp³-hybridized carbons (Fsp3) is 0.273. The van der Waals surface area contributed by atoms with E-state index in [-0.39, 0.29) is 0 Å². The maximum Gasteiger partial charge on any atom is 0.226 e. The predicted octanol–water partition coefficient (Wildman–Crippen LogP) is 2.24. The molecule has 2 rings (SSSR count). The van der Waals surface area contributed by atoms with Crippen LogP contribution in [0.5, 0.6) is 0 Å². The maximum absolute atomic E-state index is 4.91. The Bertz CT molecular complexity index is 356. The number of hydrogen-bond donors (Lipinski definition) is 0. The number of hydrogen-bond acceptors (Lipinski definition) is 3. The molecule has 0 fully saturated rings. The van der Waals surface area contributed by atoms with Gasteiger partial charge in [-0.1, -0.05) is 35.5 Å². The molecule has 3 heteroatoms. The van der Waals surface area contributed by atoms with Gasteiger partial charge in [0.05, 0.1) is 0 Å². The largest absolute Gasteiger partial charge is 0.340 e. The van der Waals surface area contributed by atoms with Crippen LogP contribution in [0.2, 0.25) is 0 Å². The molecule has 1 aromatic carbocycles. The molecule has 2 aromatic rings. The first-order chi connectivity index (χ1) is 6.95. The topological polar surface area (TPSA) is 38.9 Å². The Hall–Kier alpha value is -1.64. The van der Waals surface area contributed by atoms with Crippen LogP contribution < -0.4 is 0 Å². The number of benzene rings is 1. The third-order valence-corrected chi connectivity index (χ3v) is 2.11. The summed E-state index contributed by atoms with van der Waals surface area (Å²) in [7, 11) is 0. The average Bonchev–Trinajstić information content (AvgIpc) is 2.72. The van der Waals surface area contributed by atoms with Gasteiger partial charge in [-0.25, -0.2) is 0 Å². The van der Waals surface area contributed by atoms with Gasteiger partial charge in [-0.3, -0.25) is 0 Å². The van der Waals surface area contributed by atoms with Crippen molar-refractivity contribution in [3.05, 3.63) is 48.1 Å². The Labute approximate surface area is 82.8 Å². The fourth-order valence-corrected chi connectivity index (χ4v) is 1.39. The summed E-state index contributed by atoms with van der Waals surface area (Å²) in [6.45, 7) is 0. The van der Waals surface area contributed by atoms with Gasteiger partial charge in [0.25, 0.3) is 0 Å². The van der Waals surface area contributed by atoms with Crippen LogP contribution in [0.1, 0.15) is 17.9 Å². The fourth-order valence-electron chi connectivity index (χ4n) is 1.39. The number of nitrogens with zero attached hydrogens (tertiary/aromatic N) is 2. The molecule has 0 spiro atoms. The molecular weight excluding hydrogens is 176 g/mol. The van der Waals surface area contributed by atoms with Gasteiger partial charge in [0.1, 0.15) is 0 Å². The van der Waals surface area contributed by atoms with Crippen LogP contribution in [-0.2, 0) is 12.8 Å². The molecule has 0 aliphatic rings. The summed E-state index contributed by atoms with van der Waals surface area (Å²) in [5, 5.41) is 3.56. The molecule has 0 aliphatic carbocycles. The first-order valence-corrected chi connectivity index (χ1v) is 4.74. The van der Waals surface area contributed by atoms with Crippen molar-refractivity contribution in [3.8, 4) is 0 Å². The molecule has 72 valence electrons. The summed E-state index contributed by atoms with van der Waals surface area (Å²) in [4.78, 5) is 3.97. The van der Waals surface area contributed by atoms with Crippen molar-refractivity contribution in [2.75, 3.05) is 0 Å². The normalized spacial score (nSPS) is 10.3. The zero-order chi connectivity index (χ0) is 9.64. The van der Waals surface area contributed by atoms with Crippen LogP contribution in [0.4, 0.5) is 0 Å². The number of rotatable bonds is 4. The lowest BCUT2D eigenvalue weighted by atomic mass is 10.1. The minimum atomic E-state index is 0.723. The Kier molecular flexibility index (Phi) is 2.91. The summed E-state index contributed by atoms with van der Waals surface area (Å²) in [6.07, 6.45) is 4.40. The Morgan fingerprint density at radius 3 is 2.64 bits per heavy atom. The molecule has 3 nitrogen and oxygen atoms in total. The van der Waals surface area contributed by atoms with E-state index in [1.54, 1.807) is 0 Å². The van der Waals surface area contributed by atoms with Crippen molar-refractivity contribution in [1.29, 1.82) is 0 Å². The van der Waals surface area contributed by atoms with Gasteiger partial charge in [0, 0.05) is 6.42 Å². The summed E-state index contributed by atoms with van der Waals surface area (Å²) in [6, 6.07) is 10.4. The van der Waals surface area contributed by atoms with E-state index in [9.17, 15) is 0 Å². The van der Waals surface area contributed by atoms with Crippen LogP contribution >= 0.6 is 0 Å². The van der Waals surface area contributed by atoms with Crippen molar-refractivity contribution < 1.29 is 4.52 Å². The van der Waals surface area contributed by atoms with E-state index in [1.165, 1.54) is 11.9 Å². The highest BCUT2D eigenvalue weighted by molar-refractivity contribution is 5.14. The van der Waals surface area contributed by atoms with E-state index < -0.39 is 0 Å². The lowest BCUT2D eigenvalue weighted by molar-refractivity contribution is 0.374. The van der Waals surface area contributed by atoms with E-state index in [1.807, 2.05) is 6.07 Å². The van der Waals surface area contributed by atoms with Crippen LogP contribution in [0.15, 0.2) is 41.2 Å². The predicted molar refractivity (Wildman–Crippen MR) is 52.8 cm³/mol.